The van der Waals surface area contributed by atoms with Crippen molar-refractivity contribution in [3.8, 4) is 0 Å². The quantitative estimate of drug-likeness (QED) is 0.107. The van der Waals surface area contributed by atoms with E-state index < -0.39 is 0 Å². The van der Waals surface area contributed by atoms with Gasteiger partial charge in [-0.1, -0.05) is 106 Å². The van der Waals surface area contributed by atoms with Crippen LogP contribution in [-0.4, -0.2) is 54.3 Å². The third-order valence-electron chi connectivity index (χ3n) is 9.81. The molecule has 0 saturated carbocycles. The van der Waals surface area contributed by atoms with Crippen molar-refractivity contribution in [1.29, 1.82) is 0 Å². The summed E-state index contributed by atoms with van der Waals surface area (Å²) in [7, 11) is 2.26. The number of halogens is 2. The summed E-state index contributed by atoms with van der Waals surface area (Å²) < 4.78 is 6.65. The van der Waals surface area contributed by atoms with Crippen LogP contribution < -0.4 is 24.0 Å². The van der Waals surface area contributed by atoms with Crippen LogP contribution in [0, 0.1) is 0 Å². The van der Waals surface area contributed by atoms with Gasteiger partial charge in [-0.05, 0) is 55.5 Å². The number of rotatable bonds is 14. The zero-order valence-electron chi connectivity index (χ0n) is 25.8. The average molecular weight is 695 g/mol. The van der Waals surface area contributed by atoms with Crippen LogP contribution in [0.5, 0.6) is 0 Å². The number of esters is 1. The van der Waals surface area contributed by atoms with Gasteiger partial charge in [-0.25, -0.2) is 0 Å². The van der Waals surface area contributed by atoms with E-state index in [0.717, 1.165) is 48.4 Å². The van der Waals surface area contributed by atoms with E-state index in [1.54, 1.807) is 0 Å². The number of hydrogen-bond donors (Lipinski definition) is 0. The third-order valence-corrected chi connectivity index (χ3v) is 10.0. The Kier molecular flexibility index (Phi) is 13.5. The Labute approximate surface area is 271 Å². The van der Waals surface area contributed by atoms with Gasteiger partial charge < -0.3 is 28.7 Å². The van der Waals surface area contributed by atoms with Crippen molar-refractivity contribution in [1.82, 2.24) is 4.90 Å². The van der Waals surface area contributed by atoms with Crippen LogP contribution >= 0.6 is 11.6 Å². The summed E-state index contributed by atoms with van der Waals surface area (Å²) in [6, 6.07) is 17.7. The van der Waals surface area contributed by atoms with Gasteiger partial charge in [-0.15, -0.1) is 0 Å². The van der Waals surface area contributed by atoms with Crippen LogP contribution in [0.2, 0.25) is 5.02 Å². The predicted molar refractivity (Wildman–Crippen MR) is 167 cm³/mol. The largest absolute Gasteiger partial charge is 1.00 e. The Morgan fingerprint density at radius 2 is 1.63 bits per heavy atom. The summed E-state index contributed by atoms with van der Waals surface area (Å²) >= 11 is 6.51. The van der Waals surface area contributed by atoms with E-state index in [4.69, 9.17) is 16.3 Å². The minimum atomic E-state index is -0.0418. The summed E-state index contributed by atoms with van der Waals surface area (Å²) in [4.78, 5) is 15.3. The molecule has 0 spiro atoms. The van der Waals surface area contributed by atoms with E-state index in [1.165, 1.54) is 61.6 Å². The SMILES string of the molecule is CCCCCCCCCCCC(=O)OC[N@@+]1(C)CCN([C@@H]2C[C@@H](c3ccccc3)c3ccc(Cl)cc32)CC1(C)C.[I-]. The number of nitrogens with zero attached hydrogens (tertiary/aromatic N) is 2. The van der Waals surface area contributed by atoms with E-state index in [1.807, 2.05) is 6.07 Å². The van der Waals surface area contributed by atoms with Gasteiger partial charge >= 0.3 is 5.97 Å². The molecule has 0 aromatic heterocycles. The molecule has 6 heteroatoms. The zero-order chi connectivity index (χ0) is 28.6. The number of carbonyl (C=O) groups is 1. The fourth-order valence-corrected chi connectivity index (χ4v) is 6.93. The van der Waals surface area contributed by atoms with Crippen LogP contribution in [-0.2, 0) is 9.53 Å². The summed E-state index contributed by atoms with van der Waals surface area (Å²) in [6.07, 6.45) is 12.9. The normalized spacial score (nSPS) is 23.5. The maximum Gasteiger partial charge on any atom is 0.310 e. The maximum absolute atomic E-state index is 12.6. The molecule has 1 saturated heterocycles. The molecule has 3 atom stereocenters. The van der Waals surface area contributed by atoms with Crippen molar-refractivity contribution < 1.29 is 38.0 Å². The summed E-state index contributed by atoms with van der Waals surface area (Å²) in [5.74, 6) is 0.358. The van der Waals surface area contributed by atoms with Gasteiger partial charge in [-0.2, -0.15) is 0 Å². The minimum absolute atomic E-state index is 0. The molecule has 4 rings (SSSR count). The predicted octanol–water partition coefficient (Wildman–Crippen LogP) is 5.88. The van der Waals surface area contributed by atoms with Crippen LogP contribution in [0.25, 0.3) is 0 Å². The van der Waals surface area contributed by atoms with Crippen LogP contribution in [0.3, 0.4) is 0 Å². The molecule has 4 nitrogen and oxygen atoms in total. The molecule has 1 fully saturated rings. The lowest BCUT2D eigenvalue weighted by Crippen LogP contribution is -3.00. The highest BCUT2D eigenvalue weighted by Crippen LogP contribution is 2.48. The zero-order valence-corrected chi connectivity index (χ0v) is 28.8. The molecular weight excluding hydrogens is 643 g/mol. The van der Waals surface area contributed by atoms with Gasteiger partial charge in [0.05, 0.1) is 20.1 Å². The number of fused-ring (bicyclic) bond motifs is 1. The molecule has 41 heavy (non-hydrogen) atoms. The van der Waals surface area contributed by atoms with Crippen molar-refractivity contribution in [3.05, 3.63) is 70.2 Å². The standard InChI is InChI=1S/C35H52ClN2O2.HI/c1-5-6-7-8-9-10-11-12-16-19-34(39)40-27-38(4)23-22-37(26-35(38,2)3)33-25-31(28-17-14-13-15-18-28)30-21-20-29(36)24-32(30)33;/h13-15,17-18,20-21,24,31,33H,5-12,16,19,22-23,25-27H2,1-4H3;1H/q+1;/p-1/t31-,33+,38+;/m0./s1. The van der Waals surface area contributed by atoms with Gasteiger partial charge in [0, 0.05) is 29.9 Å². The first-order chi connectivity index (χ1) is 19.2. The number of carbonyl (C=O) groups excluding carboxylic acids is 1. The van der Waals surface area contributed by atoms with E-state index >= 15 is 0 Å². The molecule has 0 bridgehead atoms. The molecule has 0 N–H and O–H groups in total. The summed E-state index contributed by atoms with van der Waals surface area (Å²) in [6.45, 7) is 10.3. The Balaban J connectivity index is 0.00000462. The fraction of sp³-hybridized carbons (Fsp3) is 0.629. The second-order valence-electron chi connectivity index (χ2n) is 13.1. The lowest BCUT2D eigenvalue weighted by molar-refractivity contribution is -0.974. The fourth-order valence-electron chi connectivity index (χ4n) is 6.75. The first-order valence-electron chi connectivity index (χ1n) is 15.8. The Hall–Kier alpha value is -1.15. The number of unbranched alkanes of at least 4 members (excludes halogenated alkanes) is 8. The van der Waals surface area contributed by atoms with Gasteiger partial charge in [0.2, 0.25) is 6.73 Å². The minimum Gasteiger partial charge on any atom is -1.00 e. The van der Waals surface area contributed by atoms with E-state index in [-0.39, 0.29) is 35.5 Å². The Morgan fingerprint density at radius 3 is 2.29 bits per heavy atom. The topological polar surface area (TPSA) is 29.5 Å². The van der Waals surface area contributed by atoms with E-state index in [2.05, 4.69) is 75.2 Å². The second-order valence-corrected chi connectivity index (χ2v) is 13.6. The Bertz CT molecular complexity index is 1090. The third kappa shape index (κ3) is 8.93. The number of quaternary nitrogens is 1. The second kappa shape index (κ2) is 16.1. The molecule has 1 heterocycles. The molecular formula is C35H52ClIN2O2. The molecule has 2 aromatic carbocycles. The average Bonchev–Trinajstić information content (AvgIpc) is 3.31. The van der Waals surface area contributed by atoms with E-state index in [0.29, 0.717) is 25.1 Å². The highest BCUT2D eigenvalue weighted by atomic mass is 127. The number of ether oxygens (including phenoxy) is 1. The number of piperazine rings is 1. The molecule has 228 valence electrons. The molecule has 0 radical (unpaired) electrons. The van der Waals surface area contributed by atoms with Crippen LogP contribution in [0.1, 0.15) is 120 Å². The summed E-state index contributed by atoms with van der Waals surface area (Å²) in [5.41, 5.74) is 4.12. The van der Waals surface area contributed by atoms with Crippen molar-refractivity contribution in [2.24, 2.45) is 0 Å². The summed E-state index contributed by atoms with van der Waals surface area (Å²) in [5, 5.41) is 0.813. The monoisotopic (exact) mass is 694 g/mol. The lowest BCUT2D eigenvalue weighted by Gasteiger charge is -2.53. The Morgan fingerprint density at radius 1 is 0.976 bits per heavy atom. The number of likely N-dealkylation sites (N-methyl/N-ethyl adjacent to an activating group) is 1. The van der Waals surface area contributed by atoms with Gasteiger partial charge in [0.1, 0.15) is 5.54 Å². The smallest absolute Gasteiger partial charge is 0.310 e. The number of benzene rings is 2. The molecule has 2 aliphatic rings. The van der Waals surface area contributed by atoms with Gasteiger partial charge in [-0.3, -0.25) is 14.2 Å². The number of hydrogen-bond acceptors (Lipinski definition) is 3. The highest BCUT2D eigenvalue weighted by Gasteiger charge is 2.49. The first-order valence-corrected chi connectivity index (χ1v) is 16.2. The molecule has 1 aliphatic heterocycles. The van der Waals surface area contributed by atoms with Crippen LogP contribution in [0.15, 0.2) is 48.5 Å². The van der Waals surface area contributed by atoms with Crippen LogP contribution in [0.4, 0.5) is 0 Å². The molecule has 2 aromatic rings. The maximum atomic E-state index is 12.6. The van der Waals surface area contributed by atoms with Crippen molar-refractivity contribution in [2.45, 2.75) is 109 Å². The lowest BCUT2D eigenvalue weighted by atomic mass is 9.92. The molecule has 0 unspecified atom stereocenters. The molecule has 1 aliphatic carbocycles. The van der Waals surface area contributed by atoms with Gasteiger partial charge in [0.25, 0.3) is 0 Å². The van der Waals surface area contributed by atoms with Crippen molar-refractivity contribution in [2.75, 3.05) is 33.4 Å². The molecule has 0 amide bonds. The van der Waals surface area contributed by atoms with E-state index in [9.17, 15) is 4.79 Å². The first kappa shape index (κ1) is 34.3. The highest BCUT2D eigenvalue weighted by molar-refractivity contribution is 6.30. The van der Waals surface area contributed by atoms with Crippen molar-refractivity contribution in [3.63, 3.8) is 0 Å². The van der Waals surface area contributed by atoms with Gasteiger partial charge in [0.15, 0.2) is 0 Å². The van der Waals surface area contributed by atoms with Crippen molar-refractivity contribution >= 4 is 17.6 Å².